The molecular formula is C10H7BrN2O2. The highest BCUT2D eigenvalue weighted by Gasteiger charge is 2.07. The highest BCUT2D eigenvalue weighted by molar-refractivity contribution is 9.10. The third kappa shape index (κ3) is 1.70. The van der Waals surface area contributed by atoms with Gasteiger partial charge in [0.15, 0.2) is 6.29 Å². The van der Waals surface area contributed by atoms with Gasteiger partial charge in [-0.1, -0.05) is 0 Å². The molecule has 5 heteroatoms. The highest BCUT2D eigenvalue weighted by atomic mass is 79.9. The molecule has 4 nitrogen and oxygen atoms in total. The minimum atomic E-state index is 0.378. The Balaban J connectivity index is 2.80. The van der Waals surface area contributed by atoms with Gasteiger partial charge in [0.25, 0.3) is 0 Å². The second-order valence-corrected chi connectivity index (χ2v) is 3.74. The number of nitrogens with zero attached hydrogens (tertiary/aromatic N) is 2. The van der Waals surface area contributed by atoms with E-state index in [1.54, 1.807) is 19.2 Å². The molecule has 76 valence electrons. The van der Waals surface area contributed by atoms with Crippen LogP contribution in [-0.4, -0.2) is 23.4 Å². The molecule has 0 amide bonds. The van der Waals surface area contributed by atoms with Crippen LogP contribution < -0.4 is 4.74 Å². The molecule has 1 aromatic heterocycles. The number of rotatable bonds is 2. The predicted molar refractivity (Wildman–Crippen MR) is 59.2 cm³/mol. The third-order valence-electron chi connectivity index (χ3n) is 2.05. The average Bonchev–Trinajstić information content (AvgIpc) is 2.27. The fourth-order valence-electron chi connectivity index (χ4n) is 1.33. The Morgan fingerprint density at radius 1 is 1.40 bits per heavy atom. The van der Waals surface area contributed by atoms with E-state index in [9.17, 15) is 4.79 Å². The number of hydrogen-bond donors (Lipinski definition) is 0. The van der Waals surface area contributed by atoms with E-state index in [2.05, 4.69) is 25.9 Å². The molecule has 0 aliphatic carbocycles. The first kappa shape index (κ1) is 10.0. The summed E-state index contributed by atoms with van der Waals surface area (Å²) in [5, 5.41) is 0.708. The standard InChI is InChI=1S/C10H7BrN2O2/c1-15-10-3-8-6(2-7(10)11)9(4-14)13-5-12-8/h2-5H,1H3. The number of carbonyl (C=O) groups excluding carboxylic acids is 1. The van der Waals surface area contributed by atoms with Gasteiger partial charge in [0, 0.05) is 11.5 Å². The normalized spacial score (nSPS) is 10.3. The largest absolute Gasteiger partial charge is 0.495 e. The van der Waals surface area contributed by atoms with E-state index in [-0.39, 0.29) is 0 Å². The topological polar surface area (TPSA) is 52.1 Å². The molecule has 15 heavy (non-hydrogen) atoms. The van der Waals surface area contributed by atoms with Crippen molar-refractivity contribution in [1.82, 2.24) is 9.97 Å². The fourth-order valence-corrected chi connectivity index (χ4v) is 1.83. The second kappa shape index (κ2) is 3.94. The number of ether oxygens (including phenoxy) is 1. The lowest BCUT2D eigenvalue weighted by Gasteiger charge is -2.05. The van der Waals surface area contributed by atoms with Gasteiger partial charge in [0.05, 0.1) is 17.1 Å². The summed E-state index contributed by atoms with van der Waals surface area (Å²) < 4.78 is 5.90. The second-order valence-electron chi connectivity index (χ2n) is 2.88. The van der Waals surface area contributed by atoms with E-state index in [4.69, 9.17) is 4.74 Å². The number of halogens is 1. The number of hydrogen-bond acceptors (Lipinski definition) is 4. The molecule has 0 aliphatic heterocycles. The lowest BCUT2D eigenvalue weighted by Crippen LogP contribution is -1.93. The molecule has 0 saturated carbocycles. The van der Waals surface area contributed by atoms with Crippen molar-refractivity contribution >= 4 is 33.1 Å². The maximum atomic E-state index is 10.7. The Morgan fingerprint density at radius 3 is 2.87 bits per heavy atom. The van der Waals surface area contributed by atoms with Gasteiger partial charge in [0.1, 0.15) is 17.8 Å². The number of methoxy groups -OCH3 is 1. The van der Waals surface area contributed by atoms with E-state index in [0.717, 1.165) is 4.47 Å². The van der Waals surface area contributed by atoms with Gasteiger partial charge in [-0.3, -0.25) is 4.79 Å². The Labute approximate surface area is 94.4 Å². The van der Waals surface area contributed by atoms with E-state index in [1.165, 1.54) is 6.33 Å². The van der Waals surface area contributed by atoms with Gasteiger partial charge < -0.3 is 4.74 Å². The molecule has 0 aliphatic rings. The zero-order valence-corrected chi connectivity index (χ0v) is 9.48. The molecular weight excluding hydrogens is 260 g/mol. The molecule has 0 atom stereocenters. The van der Waals surface area contributed by atoms with Crippen LogP contribution in [0.2, 0.25) is 0 Å². The molecule has 0 unspecified atom stereocenters. The molecule has 0 bridgehead atoms. The maximum Gasteiger partial charge on any atom is 0.169 e. The smallest absolute Gasteiger partial charge is 0.169 e. The summed E-state index contributed by atoms with van der Waals surface area (Å²) in [5.41, 5.74) is 1.07. The number of fused-ring (bicyclic) bond motifs is 1. The molecule has 2 rings (SSSR count). The minimum absolute atomic E-state index is 0.378. The SMILES string of the molecule is COc1cc2ncnc(C=O)c2cc1Br. The predicted octanol–water partition coefficient (Wildman–Crippen LogP) is 2.21. The van der Waals surface area contributed by atoms with Crippen molar-refractivity contribution in [1.29, 1.82) is 0 Å². The van der Waals surface area contributed by atoms with Crippen molar-refractivity contribution in [2.75, 3.05) is 7.11 Å². The van der Waals surface area contributed by atoms with Crippen LogP contribution in [0.1, 0.15) is 10.5 Å². The lowest BCUT2D eigenvalue weighted by molar-refractivity contribution is 0.112. The van der Waals surface area contributed by atoms with Crippen LogP contribution in [0.5, 0.6) is 5.75 Å². The molecule has 0 radical (unpaired) electrons. The van der Waals surface area contributed by atoms with E-state index < -0.39 is 0 Å². The first-order valence-electron chi connectivity index (χ1n) is 4.19. The summed E-state index contributed by atoms with van der Waals surface area (Å²) in [5.74, 6) is 0.679. The van der Waals surface area contributed by atoms with Crippen LogP contribution >= 0.6 is 15.9 Å². The van der Waals surface area contributed by atoms with E-state index in [1.807, 2.05) is 0 Å². The molecule has 2 aromatic rings. The summed E-state index contributed by atoms with van der Waals surface area (Å²) in [6.07, 6.45) is 2.07. The van der Waals surface area contributed by atoms with Crippen LogP contribution in [0.15, 0.2) is 22.9 Å². The van der Waals surface area contributed by atoms with E-state index >= 15 is 0 Å². The Kier molecular flexibility index (Phi) is 2.64. The summed E-state index contributed by atoms with van der Waals surface area (Å²) in [6.45, 7) is 0. The van der Waals surface area contributed by atoms with Crippen LogP contribution in [-0.2, 0) is 0 Å². The van der Waals surface area contributed by atoms with E-state index in [0.29, 0.717) is 28.6 Å². The van der Waals surface area contributed by atoms with Crippen molar-refractivity contribution in [3.8, 4) is 5.75 Å². The van der Waals surface area contributed by atoms with Crippen molar-refractivity contribution < 1.29 is 9.53 Å². The highest BCUT2D eigenvalue weighted by Crippen LogP contribution is 2.29. The lowest BCUT2D eigenvalue weighted by atomic mass is 10.2. The minimum Gasteiger partial charge on any atom is -0.495 e. The van der Waals surface area contributed by atoms with Crippen LogP contribution in [0.3, 0.4) is 0 Å². The van der Waals surface area contributed by atoms with Crippen molar-refractivity contribution in [3.05, 3.63) is 28.6 Å². The first-order valence-corrected chi connectivity index (χ1v) is 4.99. The monoisotopic (exact) mass is 266 g/mol. The van der Waals surface area contributed by atoms with Gasteiger partial charge in [-0.15, -0.1) is 0 Å². The van der Waals surface area contributed by atoms with Gasteiger partial charge in [0.2, 0.25) is 0 Å². The molecule has 0 spiro atoms. The van der Waals surface area contributed by atoms with Crippen LogP contribution in [0.25, 0.3) is 10.9 Å². The van der Waals surface area contributed by atoms with Crippen molar-refractivity contribution in [2.45, 2.75) is 0 Å². The number of benzene rings is 1. The summed E-state index contributed by atoms with van der Waals surface area (Å²) in [6, 6.07) is 3.53. The summed E-state index contributed by atoms with van der Waals surface area (Å²) in [7, 11) is 1.58. The zero-order valence-electron chi connectivity index (χ0n) is 7.90. The van der Waals surface area contributed by atoms with Crippen molar-refractivity contribution in [2.24, 2.45) is 0 Å². The number of carbonyl (C=O) groups is 1. The molecule has 0 fully saturated rings. The van der Waals surface area contributed by atoms with Crippen LogP contribution in [0.4, 0.5) is 0 Å². The van der Waals surface area contributed by atoms with Crippen LogP contribution in [0, 0.1) is 0 Å². The molecule has 1 aromatic carbocycles. The first-order chi connectivity index (χ1) is 7.26. The van der Waals surface area contributed by atoms with Gasteiger partial charge in [-0.05, 0) is 22.0 Å². The Bertz CT molecular complexity index is 528. The summed E-state index contributed by atoms with van der Waals surface area (Å²) >= 11 is 3.34. The molecule has 1 heterocycles. The zero-order chi connectivity index (χ0) is 10.8. The third-order valence-corrected chi connectivity index (χ3v) is 2.67. The number of aldehydes is 1. The Hall–Kier alpha value is -1.49. The van der Waals surface area contributed by atoms with Gasteiger partial charge in [-0.25, -0.2) is 9.97 Å². The molecule has 0 saturated heterocycles. The quantitative estimate of drug-likeness (QED) is 0.783. The van der Waals surface area contributed by atoms with Gasteiger partial charge in [-0.2, -0.15) is 0 Å². The number of aromatic nitrogens is 2. The maximum absolute atomic E-state index is 10.7. The molecule has 0 N–H and O–H groups in total. The van der Waals surface area contributed by atoms with Crippen molar-refractivity contribution in [3.63, 3.8) is 0 Å². The van der Waals surface area contributed by atoms with Gasteiger partial charge >= 0.3 is 0 Å². The fraction of sp³-hybridized carbons (Fsp3) is 0.100. The summed E-state index contributed by atoms with van der Waals surface area (Å²) in [4.78, 5) is 18.7. The average molecular weight is 267 g/mol. The Morgan fingerprint density at radius 2 is 2.20 bits per heavy atom.